The van der Waals surface area contributed by atoms with Gasteiger partial charge in [0.1, 0.15) is 6.61 Å². The van der Waals surface area contributed by atoms with E-state index in [9.17, 15) is 24.2 Å². The topological polar surface area (TPSA) is 155 Å². The molecule has 0 aromatic carbocycles. The molecule has 0 saturated heterocycles. The van der Waals surface area contributed by atoms with Crippen molar-refractivity contribution >= 4 is 19.8 Å². The van der Waals surface area contributed by atoms with Gasteiger partial charge in [0, 0.05) is 19.4 Å². The number of phosphoric acid groups is 1. The molecule has 0 aliphatic carbocycles. The standard InChI is InChI=1S/C41H68NO9P/c1-3-5-7-9-11-13-15-16-18-19-21-23-26-30-38(43)31-27-25-29-32-40(44)48-36-39(37-50-52(46,47)49-35-34-42)51-41(45)33-28-24-22-20-17-14-12-10-8-6-4-2/h5,7,10-13,16,18,21,23,25-27,30,38-39,43H,3-4,6,8-9,14-15,17,19-20,22,24,28-29,31-37,42H2,1-2H3,(H,46,47)/b7-5-,12-10-,13-11-,18-16-,23-21-,27-25-,30-26-/t38?,39-/m1/s1. The van der Waals surface area contributed by atoms with Crippen LogP contribution >= 0.6 is 7.82 Å². The van der Waals surface area contributed by atoms with Crippen molar-refractivity contribution < 1.29 is 42.7 Å². The molecule has 0 bridgehead atoms. The largest absolute Gasteiger partial charge is 0.472 e. The summed E-state index contributed by atoms with van der Waals surface area (Å²) in [6.07, 6.45) is 40.8. The quantitative estimate of drug-likeness (QED) is 0.0191. The fourth-order valence-electron chi connectivity index (χ4n) is 4.49. The van der Waals surface area contributed by atoms with Crippen molar-refractivity contribution in [2.45, 2.75) is 135 Å². The first-order valence-electron chi connectivity index (χ1n) is 19.2. The first kappa shape index (κ1) is 49.1. The summed E-state index contributed by atoms with van der Waals surface area (Å²) >= 11 is 0. The third kappa shape index (κ3) is 35.5. The van der Waals surface area contributed by atoms with Gasteiger partial charge in [-0.3, -0.25) is 18.6 Å². The van der Waals surface area contributed by atoms with Crippen LogP contribution in [0, 0.1) is 0 Å². The maximum absolute atomic E-state index is 12.5. The Morgan fingerprint density at radius 1 is 0.692 bits per heavy atom. The zero-order valence-corrected chi connectivity index (χ0v) is 32.8. The van der Waals surface area contributed by atoms with Crippen LogP contribution in [0.15, 0.2) is 85.1 Å². The van der Waals surface area contributed by atoms with Crippen LogP contribution in [-0.2, 0) is 32.7 Å². The molecule has 2 unspecified atom stereocenters. The Kier molecular flexibility index (Phi) is 34.5. The Morgan fingerprint density at radius 2 is 1.33 bits per heavy atom. The third-order valence-corrected chi connectivity index (χ3v) is 8.34. The molecule has 4 N–H and O–H groups in total. The monoisotopic (exact) mass is 749 g/mol. The minimum absolute atomic E-state index is 0.0235. The normalized spacial score (nSPS) is 14.9. The zero-order valence-electron chi connectivity index (χ0n) is 31.9. The highest BCUT2D eigenvalue weighted by Gasteiger charge is 2.25. The number of aliphatic hydroxyl groups excluding tert-OH is 1. The molecule has 0 radical (unpaired) electrons. The van der Waals surface area contributed by atoms with Crippen molar-refractivity contribution in [2.75, 3.05) is 26.4 Å². The predicted octanol–water partition coefficient (Wildman–Crippen LogP) is 9.46. The van der Waals surface area contributed by atoms with Gasteiger partial charge in [0.25, 0.3) is 0 Å². The Hall–Kier alpha value is -2.85. The number of aliphatic hydroxyl groups is 1. The van der Waals surface area contributed by atoms with Gasteiger partial charge in [-0.15, -0.1) is 0 Å². The van der Waals surface area contributed by atoms with Gasteiger partial charge >= 0.3 is 19.8 Å². The number of esters is 2. The van der Waals surface area contributed by atoms with Crippen molar-refractivity contribution in [3.05, 3.63) is 85.1 Å². The molecular weight excluding hydrogens is 681 g/mol. The lowest BCUT2D eigenvalue weighted by molar-refractivity contribution is -0.161. The Bertz CT molecular complexity index is 1140. The van der Waals surface area contributed by atoms with Gasteiger partial charge in [-0.1, -0.05) is 131 Å². The summed E-state index contributed by atoms with van der Waals surface area (Å²) in [7, 11) is -4.42. The van der Waals surface area contributed by atoms with Crippen molar-refractivity contribution in [3.63, 3.8) is 0 Å². The number of nitrogens with two attached hydrogens (primary N) is 1. The van der Waals surface area contributed by atoms with Crippen molar-refractivity contribution in [1.82, 2.24) is 0 Å². The summed E-state index contributed by atoms with van der Waals surface area (Å²) in [6, 6.07) is 0. The number of hydrogen-bond acceptors (Lipinski definition) is 9. The SMILES string of the molecule is CC/C=C\C/C=C\C/C=C\C/C=C\C=C/C(O)C/C=C\CCC(=O)OC[C@H](COP(=O)(O)OCCN)OC(=O)CCCCCCC/C=C\CCCC. The lowest BCUT2D eigenvalue weighted by Crippen LogP contribution is -2.29. The van der Waals surface area contributed by atoms with Crippen LogP contribution in [0.25, 0.3) is 0 Å². The number of hydrogen-bond donors (Lipinski definition) is 3. The van der Waals surface area contributed by atoms with Crippen LogP contribution in [0.4, 0.5) is 0 Å². The molecular formula is C41H68NO9P. The number of carbonyl (C=O) groups is 2. The molecule has 0 aromatic rings. The molecule has 0 saturated carbocycles. The van der Waals surface area contributed by atoms with E-state index in [1.165, 1.54) is 12.8 Å². The van der Waals surface area contributed by atoms with E-state index in [4.69, 9.17) is 24.3 Å². The number of carbonyl (C=O) groups excluding carboxylic acids is 2. The van der Waals surface area contributed by atoms with E-state index in [-0.39, 0.29) is 32.6 Å². The van der Waals surface area contributed by atoms with E-state index < -0.39 is 38.6 Å². The third-order valence-electron chi connectivity index (χ3n) is 7.36. The Labute approximate surface area is 314 Å². The fourth-order valence-corrected chi connectivity index (χ4v) is 5.25. The Balaban J connectivity index is 4.46. The van der Waals surface area contributed by atoms with Crippen LogP contribution in [-0.4, -0.2) is 60.5 Å². The first-order valence-corrected chi connectivity index (χ1v) is 20.7. The molecule has 11 heteroatoms. The smallest absolute Gasteiger partial charge is 0.462 e. The summed E-state index contributed by atoms with van der Waals surface area (Å²) in [5.74, 6) is -1.03. The zero-order chi connectivity index (χ0) is 38.4. The average molecular weight is 750 g/mol. The Morgan fingerprint density at radius 3 is 2.02 bits per heavy atom. The first-order chi connectivity index (χ1) is 25.2. The molecule has 0 aromatic heterocycles. The lowest BCUT2D eigenvalue weighted by Gasteiger charge is -2.19. The molecule has 0 aliphatic rings. The summed E-state index contributed by atoms with van der Waals surface area (Å²) in [5.41, 5.74) is 5.32. The van der Waals surface area contributed by atoms with Crippen molar-refractivity contribution in [1.29, 1.82) is 0 Å². The minimum atomic E-state index is -4.42. The average Bonchev–Trinajstić information content (AvgIpc) is 3.12. The van der Waals surface area contributed by atoms with E-state index in [1.54, 1.807) is 18.2 Å². The molecule has 0 fully saturated rings. The summed E-state index contributed by atoms with van der Waals surface area (Å²) < 4.78 is 32.5. The number of ether oxygens (including phenoxy) is 2. The van der Waals surface area contributed by atoms with E-state index >= 15 is 0 Å². The fraction of sp³-hybridized carbons (Fsp3) is 0.610. The molecule has 3 atom stereocenters. The van der Waals surface area contributed by atoms with Crippen molar-refractivity contribution in [3.8, 4) is 0 Å². The van der Waals surface area contributed by atoms with Gasteiger partial charge in [0.2, 0.25) is 0 Å². The lowest BCUT2D eigenvalue weighted by atomic mass is 10.1. The highest BCUT2D eigenvalue weighted by Crippen LogP contribution is 2.43. The van der Waals surface area contributed by atoms with E-state index in [1.807, 2.05) is 18.2 Å². The van der Waals surface area contributed by atoms with Crippen LogP contribution in [0.5, 0.6) is 0 Å². The summed E-state index contributed by atoms with van der Waals surface area (Å²) in [4.78, 5) is 34.7. The highest BCUT2D eigenvalue weighted by molar-refractivity contribution is 7.47. The van der Waals surface area contributed by atoms with Crippen LogP contribution < -0.4 is 5.73 Å². The minimum Gasteiger partial charge on any atom is -0.462 e. The van der Waals surface area contributed by atoms with Crippen LogP contribution in [0.3, 0.4) is 0 Å². The van der Waals surface area contributed by atoms with Gasteiger partial charge in [0.05, 0.1) is 19.3 Å². The van der Waals surface area contributed by atoms with Crippen LogP contribution in [0.2, 0.25) is 0 Å². The molecule has 0 heterocycles. The molecule has 0 spiro atoms. The van der Waals surface area contributed by atoms with E-state index in [2.05, 4.69) is 62.5 Å². The number of unbranched alkanes of at least 4 members (excludes halogenated alkanes) is 7. The number of rotatable bonds is 34. The van der Waals surface area contributed by atoms with Gasteiger partial charge in [-0.2, -0.15) is 0 Å². The molecule has 0 aliphatic heterocycles. The molecule has 296 valence electrons. The summed E-state index contributed by atoms with van der Waals surface area (Å²) in [5, 5.41) is 10.2. The molecule has 52 heavy (non-hydrogen) atoms. The highest BCUT2D eigenvalue weighted by atomic mass is 31.2. The maximum atomic E-state index is 12.5. The second-order valence-corrected chi connectivity index (χ2v) is 13.7. The van der Waals surface area contributed by atoms with Gasteiger partial charge in [-0.25, -0.2) is 4.57 Å². The van der Waals surface area contributed by atoms with Gasteiger partial charge in [0.15, 0.2) is 6.10 Å². The maximum Gasteiger partial charge on any atom is 0.472 e. The van der Waals surface area contributed by atoms with Gasteiger partial charge in [-0.05, 0) is 64.2 Å². The molecule has 0 amide bonds. The second-order valence-electron chi connectivity index (χ2n) is 12.3. The summed E-state index contributed by atoms with van der Waals surface area (Å²) in [6.45, 7) is 3.32. The van der Waals surface area contributed by atoms with E-state index in [0.717, 1.165) is 64.2 Å². The molecule has 10 nitrogen and oxygen atoms in total. The number of allylic oxidation sites excluding steroid dienone is 12. The van der Waals surface area contributed by atoms with E-state index in [0.29, 0.717) is 19.3 Å². The second kappa shape index (κ2) is 36.5. The predicted molar refractivity (Wildman–Crippen MR) is 211 cm³/mol. The van der Waals surface area contributed by atoms with Crippen molar-refractivity contribution in [2.24, 2.45) is 5.73 Å². The molecule has 0 rings (SSSR count). The number of phosphoric ester groups is 1. The van der Waals surface area contributed by atoms with Crippen LogP contribution in [0.1, 0.15) is 123 Å². The van der Waals surface area contributed by atoms with Gasteiger partial charge < -0.3 is 25.2 Å².